The number of benzene rings is 2. The molecule has 1 aliphatic heterocycles. The number of nitrogen functional groups attached to an aromatic ring is 1. The van der Waals surface area contributed by atoms with E-state index in [-0.39, 0.29) is 11.8 Å². The Bertz CT molecular complexity index is 1090. The first kappa shape index (κ1) is 20.6. The topological polar surface area (TPSA) is 120 Å². The molecule has 1 atom stereocenters. The highest BCUT2D eigenvalue weighted by molar-refractivity contribution is 7.18. The number of hydrogen-bond donors (Lipinski definition) is 3. The summed E-state index contributed by atoms with van der Waals surface area (Å²) < 4.78 is 21.9. The number of methoxy groups -OCH3 is 3. The number of ether oxygens (including phenoxy) is 4. The van der Waals surface area contributed by atoms with Gasteiger partial charge in [-0.15, -0.1) is 0 Å². The lowest BCUT2D eigenvalue weighted by molar-refractivity contribution is 0.320. The number of rotatable bonds is 7. The summed E-state index contributed by atoms with van der Waals surface area (Å²) in [5.41, 5.74) is 7.78. The largest absolute Gasteiger partial charge is 0.508 e. The maximum Gasteiger partial charge on any atom is 0.231 e. The van der Waals surface area contributed by atoms with Crippen LogP contribution in [-0.4, -0.2) is 43.9 Å². The normalized spacial score (nSPS) is 15.2. The molecular formula is C21H22N4O5S. The predicted octanol–water partition coefficient (Wildman–Crippen LogP) is 3.72. The van der Waals surface area contributed by atoms with Crippen molar-refractivity contribution in [1.29, 1.82) is 0 Å². The molecule has 0 spiro atoms. The Labute approximate surface area is 183 Å². The molecule has 31 heavy (non-hydrogen) atoms. The van der Waals surface area contributed by atoms with Crippen molar-refractivity contribution in [3.8, 4) is 23.0 Å². The summed E-state index contributed by atoms with van der Waals surface area (Å²) >= 11 is 1.33. The van der Waals surface area contributed by atoms with Crippen molar-refractivity contribution in [2.24, 2.45) is 4.99 Å². The quantitative estimate of drug-likeness (QED) is 0.506. The van der Waals surface area contributed by atoms with Crippen LogP contribution < -0.4 is 25.3 Å². The van der Waals surface area contributed by atoms with Crippen LogP contribution in [-0.2, 0) is 4.74 Å². The lowest BCUT2D eigenvalue weighted by atomic mass is 10.1. The molecule has 4 rings (SSSR count). The summed E-state index contributed by atoms with van der Waals surface area (Å²) in [6, 6.07) is 10.3. The summed E-state index contributed by atoms with van der Waals surface area (Å²) in [4.78, 5) is 9.68. The molecule has 4 N–H and O–H groups in total. The standard InChI is InChI=1S/C21H22N4O5S/c1-27-15-8-12(9-16(28-2)17(15)29-3)23-21-25-19(22)18(31-21)20-24-14(10-30-20)11-4-6-13(26)7-5-11/h4-9,14,26H,10,22H2,1-3H3,(H,23,25). The molecule has 0 fully saturated rings. The number of anilines is 3. The second-order valence-corrected chi connectivity index (χ2v) is 7.62. The van der Waals surface area contributed by atoms with Crippen molar-refractivity contribution < 1.29 is 24.1 Å². The summed E-state index contributed by atoms with van der Waals surface area (Å²) in [6.45, 7) is 0.396. The van der Waals surface area contributed by atoms with E-state index in [9.17, 15) is 5.11 Å². The van der Waals surface area contributed by atoms with Gasteiger partial charge in [-0.3, -0.25) is 0 Å². The Hall–Kier alpha value is -3.66. The Morgan fingerprint density at radius 1 is 1.10 bits per heavy atom. The van der Waals surface area contributed by atoms with Crippen molar-refractivity contribution >= 4 is 33.9 Å². The smallest absolute Gasteiger partial charge is 0.231 e. The highest BCUT2D eigenvalue weighted by Gasteiger charge is 2.26. The molecule has 0 amide bonds. The number of aromatic hydroxyl groups is 1. The van der Waals surface area contributed by atoms with Gasteiger partial charge in [-0.25, -0.2) is 9.98 Å². The monoisotopic (exact) mass is 442 g/mol. The molecule has 0 radical (unpaired) electrons. The van der Waals surface area contributed by atoms with E-state index in [4.69, 9.17) is 24.7 Å². The minimum Gasteiger partial charge on any atom is -0.508 e. The fourth-order valence-electron chi connectivity index (χ4n) is 3.18. The maximum absolute atomic E-state index is 9.47. The fourth-order valence-corrected chi connectivity index (χ4v) is 4.04. The molecule has 3 aromatic rings. The number of hydrogen-bond acceptors (Lipinski definition) is 10. The molecule has 1 aliphatic rings. The van der Waals surface area contributed by atoms with Gasteiger partial charge in [0.05, 0.1) is 21.3 Å². The van der Waals surface area contributed by atoms with Crippen LogP contribution in [0.5, 0.6) is 23.0 Å². The predicted molar refractivity (Wildman–Crippen MR) is 119 cm³/mol. The van der Waals surface area contributed by atoms with E-state index in [0.717, 1.165) is 5.56 Å². The van der Waals surface area contributed by atoms with Crippen LogP contribution in [0.4, 0.5) is 16.6 Å². The van der Waals surface area contributed by atoms with Crippen LogP contribution in [0.15, 0.2) is 41.4 Å². The first-order valence-electron chi connectivity index (χ1n) is 9.35. The number of aliphatic imine (C=N–C) groups is 1. The van der Waals surface area contributed by atoms with E-state index in [1.54, 1.807) is 45.6 Å². The summed E-state index contributed by atoms with van der Waals surface area (Å²) in [7, 11) is 4.66. The molecule has 0 bridgehead atoms. The number of nitrogens with two attached hydrogens (primary N) is 1. The molecule has 2 aromatic carbocycles. The lowest BCUT2D eigenvalue weighted by Crippen LogP contribution is -2.02. The number of phenolic OH excluding ortho intramolecular Hbond substituents is 1. The zero-order valence-corrected chi connectivity index (χ0v) is 18.0. The van der Waals surface area contributed by atoms with Gasteiger partial charge in [-0.1, -0.05) is 23.5 Å². The minimum atomic E-state index is -0.163. The van der Waals surface area contributed by atoms with E-state index >= 15 is 0 Å². The third-order valence-electron chi connectivity index (χ3n) is 4.69. The van der Waals surface area contributed by atoms with Crippen LogP contribution in [0, 0.1) is 0 Å². The zero-order valence-electron chi connectivity index (χ0n) is 17.2. The van der Waals surface area contributed by atoms with E-state index in [2.05, 4.69) is 15.3 Å². The summed E-state index contributed by atoms with van der Waals surface area (Å²) in [6.07, 6.45) is 0. The first-order valence-corrected chi connectivity index (χ1v) is 10.2. The van der Waals surface area contributed by atoms with Crippen LogP contribution >= 0.6 is 11.3 Å². The second kappa shape index (κ2) is 8.60. The Balaban J connectivity index is 1.57. The van der Waals surface area contributed by atoms with E-state index in [1.165, 1.54) is 11.3 Å². The van der Waals surface area contributed by atoms with Crippen LogP contribution in [0.3, 0.4) is 0 Å². The highest BCUT2D eigenvalue weighted by atomic mass is 32.1. The van der Waals surface area contributed by atoms with Crippen molar-refractivity contribution in [3.63, 3.8) is 0 Å². The van der Waals surface area contributed by atoms with E-state index in [0.29, 0.717) is 51.3 Å². The second-order valence-electron chi connectivity index (χ2n) is 6.62. The van der Waals surface area contributed by atoms with Crippen LogP contribution in [0.2, 0.25) is 0 Å². The van der Waals surface area contributed by atoms with Gasteiger partial charge < -0.3 is 35.1 Å². The first-order chi connectivity index (χ1) is 15.0. The molecule has 0 aliphatic carbocycles. The van der Waals surface area contributed by atoms with Crippen LogP contribution in [0.1, 0.15) is 16.5 Å². The van der Waals surface area contributed by atoms with Gasteiger partial charge >= 0.3 is 0 Å². The number of aromatic nitrogens is 1. The third kappa shape index (κ3) is 4.15. The summed E-state index contributed by atoms with van der Waals surface area (Å²) in [5.74, 6) is 2.53. The Morgan fingerprint density at radius 2 is 1.77 bits per heavy atom. The number of nitrogens with one attached hydrogen (secondary N) is 1. The molecule has 9 nitrogen and oxygen atoms in total. The number of thiazole rings is 1. The Kier molecular flexibility index (Phi) is 5.72. The molecule has 2 heterocycles. The SMILES string of the molecule is COc1cc(Nc2nc(N)c(C3=NC(c4ccc(O)cc4)CO3)s2)cc(OC)c1OC. The van der Waals surface area contributed by atoms with Crippen molar-refractivity contribution in [2.45, 2.75) is 6.04 Å². The van der Waals surface area contributed by atoms with Gasteiger partial charge in [0.25, 0.3) is 0 Å². The number of nitrogens with zero attached hydrogens (tertiary/aromatic N) is 2. The maximum atomic E-state index is 9.47. The fraction of sp³-hybridized carbons (Fsp3) is 0.238. The van der Waals surface area contributed by atoms with Crippen molar-refractivity contribution in [1.82, 2.24) is 4.98 Å². The van der Waals surface area contributed by atoms with E-state index in [1.807, 2.05) is 12.1 Å². The van der Waals surface area contributed by atoms with Gasteiger partial charge in [0.15, 0.2) is 16.6 Å². The van der Waals surface area contributed by atoms with Gasteiger partial charge in [0.2, 0.25) is 11.6 Å². The lowest BCUT2D eigenvalue weighted by Gasteiger charge is -2.14. The minimum absolute atomic E-state index is 0.163. The van der Waals surface area contributed by atoms with Gasteiger partial charge in [-0.05, 0) is 17.7 Å². The van der Waals surface area contributed by atoms with Gasteiger partial charge in [-0.2, -0.15) is 0 Å². The third-order valence-corrected chi connectivity index (χ3v) is 5.67. The Morgan fingerprint density at radius 3 is 2.39 bits per heavy atom. The van der Waals surface area contributed by atoms with Crippen molar-refractivity contribution in [3.05, 3.63) is 46.8 Å². The molecule has 162 valence electrons. The molecule has 1 aromatic heterocycles. The summed E-state index contributed by atoms with van der Waals surface area (Å²) in [5, 5.41) is 13.2. The molecule has 0 saturated carbocycles. The average Bonchev–Trinajstić information content (AvgIpc) is 3.40. The van der Waals surface area contributed by atoms with E-state index < -0.39 is 0 Å². The number of phenols is 1. The highest BCUT2D eigenvalue weighted by Crippen LogP contribution is 2.41. The van der Waals surface area contributed by atoms with Gasteiger partial charge in [0, 0.05) is 17.8 Å². The molecule has 1 unspecified atom stereocenters. The molecule has 0 saturated heterocycles. The van der Waals surface area contributed by atoms with Crippen molar-refractivity contribution in [2.75, 3.05) is 39.0 Å². The average molecular weight is 442 g/mol. The molecule has 10 heteroatoms. The molecular weight excluding hydrogens is 420 g/mol. The van der Waals surface area contributed by atoms with Crippen LogP contribution in [0.25, 0.3) is 0 Å². The van der Waals surface area contributed by atoms with Gasteiger partial charge in [0.1, 0.15) is 29.1 Å². The zero-order chi connectivity index (χ0) is 22.0.